The minimum Gasteiger partial charge on any atom is -0.393 e. The van der Waals surface area contributed by atoms with Crippen molar-refractivity contribution < 1.29 is 9.90 Å². The SMILES string of the molecule is Cc1cccc(NC(=O)NC[C@@H]2CC[C@@H](O)C2)c1Br. The Morgan fingerprint density at radius 2 is 2.26 bits per heavy atom. The smallest absolute Gasteiger partial charge is 0.319 e. The molecule has 0 spiro atoms. The standard InChI is InChI=1S/C14H19BrN2O2/c1-9-3-2-4-12(13(9)15)17-14(19)16-8-10-5-6-11(18)7-10/h2-4,10-11,18H,5-8H2,1H3,(H2,16,17,19)/t10-,11-/m1/s1. The van der Waals surface area contributed by atoms with E-state index < -0.39 is 0 Å². The molecule has 0 heterocycles. The molecule has 4 nitrogen and oxygen atoms in total. The van der Waals surface area contributed by atoms with Crippen molar-refractivity contribution in [1.29, 1.82) is 0 Å². The molecule has 1 saturated carbocycles. The van der Waals surface area contributed by atoms with E-state index in [0.717, 1.165) is 35.0 Å². The van der Waals surface area contributed by atoms with Crippen molar-refractivity contribution in [2.45, 2.75) is 32.3 Å². The van der Waals surface area contributed by atoms with Crippen molar-refractivity contribution >= 4 is 27.6 Å². The zero-order valence-corrected chi connectivity index (χ0v) is 12.5. The number of amides is 2. The van der Waals surface area contributed by atoms with Gasteiger partial charge in [0, 0.05) is 11.0 Å². The molecule has 2 amide bonds. The first-order valence-electron chi connectivity index (χ1n) is 6.54. The maximum atomic E-state index is 11.8. The van der Waals surface area contributed by atoms with Gasteiger partial charge in [0.1, 0.15) is 0 Å². The zero-order chi connectivity index (χ0) is 13.8. The maximum Gasteiger partial charge on any atom is 0.319 e. The number of aliphatic hydroxyl groups excluding tert-OH is 1. The van der Waals surface area contributed by atoms with E-state index in [1.807, 2.05) is 25.1 Å². The van der Waals surface area contributed by atoms with Crippen LogP contribution in [0.5, 0.6) is 0 Å². The quantitative estimate of drug-likeness (QED) is 0.799. The summed E-state index contributed by atoms with van der Waals surface area (Å²) < 4.78 is 0.904. The molecule has 1 aromatic rings. The summed E-state index contributed by atoms with van der Waals surface area (Å²) >= 11 is 3.46. The van der Waals surface area contributed by atoms with E-state index in [9.17, 15) is 9.90 Å². The highest BCUT2D eigenvalue weighted by Crippen LogP contribution is 2.26. The lowest BCUT2D eigenvalue weighted by Gasteiger charge is -2.13. The Morgan fingerprint density at radius 3 is 2.95 bits per heavy atom. The predicted octanol–water partition coefficient (Wildman–Crippen LogP) is 3.04. The van der Waals surface area contributed by atoms with E-state index in [0.29, 0.717) is 12.5 Å². The third-order valence-electron chi connectivity index (χ3n) is 3.50. The van der Waals surface area contributed by atoms with Crippen LogP contribution in [0.1, 0.15) is 24.8 Å². The number of halogens is 1. The molecule has 1 aromatic carbocycles. The highest BCUT2D eigenvalue weighted by atomic mass is 79.9. The molecule has 0 unspecified atom stereocenters. The van der Waals surface area contributed by atoms with Gasteiger partial charge in [-0.15, -0.1) is 0 Å². The summed E-state index contributed by atoms with van der Waals surface area (Å²) in [6.45, 7) is 2.60. The van der Waals surface area contributed by atoms with Crippen LogP contribution in [0.15, 0.2) is 22.7 Å². The third-order valence-corrected chi connectivity index (χ3v) is 4.56. The Balaban J connectivity index is 1.82. The van der Waals surface area contributed by atoms with Crippen LogP contribution in [0.4, 0.5) is 10.5 Å². The van der Waals surface area contributed by atoms with Crippen molar-refractivity contribution in [3.05, 3.63) is 28.2 Å². The number of hydrogen-bond donors (Lipinski definition) is 3. The lowest BCUT2D eigenvalue weighted by atomic mass is 10.1. The number of benzene rings is 1. The molecule has 5 heteroatoms. The van der Waals surface area contributed by atoms with E-state index in [2.05, 4.69) is 26.6 Å². The van der Waals surface area contributed by atoms with Gasteiger partial charge in [-0.3, -0.25) is 0 Å². The fourth-order valence-electron chi connectivity index (χ4n) is 2.38. The molecule has 1 aliphatic rings. The normalized spacial score (nSPS) is 22.3. The zero-order valence-electron chi connectivity index (χ0n) is 10.9. The second-order valence-corrected chi connectivity index (χ2v) is 5.90. The van der Waals surface area contributed by atoms with Crippen molar-refractivity contribution in [3.63, 3.8) is 0 Å². The van der Waals surface area contributed by atoms with Crippen LogP contribution in [0.25, 0.3) is 0 Å². The number of aryl methyl sites for hydroxylation is 1. The molecular weight excluding hydrogens is 308 g/mol. The van der Waals surface area contributed by atoms with Gasteiger partial charge < -0.3 is 15.7 Å². The summed E-state index contributed by atoms with van der Waals surface area (Å²) in [6, 6.07) is 5.54. The molecule has 0 aliphatic heterocycles. The number of aliphatic hydroxyl groups is 1. The van der Waals surface area contributed by atoms with Gasteiger partial charge in [0.15, 0.2) is 0 Å². The first kappa shape index (κ1) is 14.3. The van der Waals surface area contributed by atoms with E-state index in [1.54, 1.807) is 0 Å². The fraction of sp³-hybridized carbons (Fsp3) is 0.500. The van der Waals surface area contributed by atoms with E-state index in [1.165, 1.54) is 0 Å². The van der Waals surface area contributed by atoms with Crippen LogP contribution < -0.4 is 10.6 Å². The average Bonchev–Trinajstić information content (AvgIpc) is 2.78. The van der Waals surface area contributed by atoms with Gasteiger partial charge in [0.05, 0.1) is 11.8 Å². The number of urea groups is 1. The van der Waals surface area contributed by atoms with Gasteiger partial charge >= 0.3 is 6.03 Å². The molecule has 19 heavy (non-hydrogen) atoms. The summed E-state index contributed by atoms with van der Waals surface area (Å²) in [5.41, 5.74) is 1.85. The van der Waals surface area contributed by atoms with Crippen molar-refractivity contribution in [2.75, 3.05) is 11.9 Å². The van der Waals surface area contributed by atoms with Crippen molar-refractivity contribution in [1.82, 2.24) is 5.32 Å². The number of anilines is 1. The van der Waals surface area contributed by atoms with Crippen molar-refractivity contribution in [2.24, 2.45) is 5.92 Å². The molecule has 0 aromatic heterocycles. The van der Waals surface area contributed by atoms with E-state index in [-0.39, 0.29) is 12.1 Å². The summed E-state index contributed by atoms with van der Waals surface area (Å²) in [4.78, 5) is 11.8. The lowest BCUT2D eigenvalue weighted by Crippen LogP contribution is -2.32. The summed E-state index contributed by atoms with van der Waals surface area (Å²) in [5.74, 6) is 0.390. The molecule has 2 atom stereocenters. The van der Waals surface area contributed by atoms with E-state index in [4.69, 9.17) is 0 Å². The molecule has 2 rings (SSSR count). The van der Waals surface area contributed by atoms with E-state index >= 15 is 0 Å². The molecule has 0 bridgehead atoms. The first-order valence-corrected chi connectivity index (χ1v) is 7.33. The maximum absolute atomic E-state index is 11.8. The minimum atomic E-state index is -0.201. The average molecular weight is 327 g/mol. The molecule has 0 saturated heterocycles. The second kappa shape index (κ2) is 6.39. The Kier molecular flexibility index (Phi) is 4.82. The van der Waals surface area contributed by atoms with Crippen LogP contribution in [0.3, 0.4) is 0 Å². The summed E-state index contributed by atoms with van der Waals surface area (Å²) in [6.07, 6.45) is 2.42. The molecule has 1 aliphatic carbocycles. The predicted molar refractivity (Wildman–Crippen MR) is 79.2 cm³/mol. The fourth-order valence-corrected chi connectivity index (χ4v) is 2.74. The van der Waals surface area contributed by atoms with Crippen LogP contribution in [-0.2, 0) is 0 Å². The minimum absolute atomic E-state index is 0.194. The van der Waals surface area contributed by atoms with Crippen LogP contribution in [0.2, 0.25) is 0 Å². The molecular formula is C14H19BrN2O2. The molecule has 1 fully saturated rings. The third kappa shape index (κ3) is 3.94. The number of hydrogen-bond acceptors (Lipinski definition) is 2. The summed E-state index contributed by atoms with van der Waals surface area (Å²) in [7, 11) is 0. The number of nitrogens with one attached hydrogen (secondary N) is 2. The molecule has 3 N–H and O–H groups in total. The van der Waals surface area contributed by atoms with Crippen LogP contribution >= 0.6 is 15.9 Å². The lowest BCUT2D eigenvalue weighted by molar-refractivity contribution is 0.177. The van der Waals surface area contributed by atoms with Crippen molar-refractivity contribution in [3.8, 4) is 0 Å². The highest BCUT2D eigenvalue weighted by Gasteiger charge is 2.22. The van der Waals surface area contributed by atoms with Crippen LogP contribution in [0, 0.1) is 12.8 Å². The first-order chi connectivity index (χ1) is 9.06. The highest BCUT2D eigenvalue weighted by molar-refractivity contribution is 9.10. The monoisotopic (exact) mass is 326 g/mol. The van der Waals surface area contributed by atoms with Gasteiger partial charge in [0.25, 0.3) is 0 Å². The molecule has 0 radical (unpaired) electrons. The molecule has 104 valence electrons. The summed E-state index contributed by atoms with van der Waals surface area (Å²) in [5, 5.41) is 15.1. The Bertz CT molecular complexity index is 465. The number of rotatable bonds is 3. The van der Waals surface area contributed by atoms with Gasteiger partial charge in [-0.1, -0.05) is 12.1 Å². The van der Waals surface area contributed by atoms with Gasteiger partial charge in [-0.05, 0) is 59.7 Å². The van der Waals surface area contributed by atoms with Gasteiger partial charge in [0.2, 0.25) is 0 Å². The second-order valence-electron chi connectivity index (χ2n) is 5.10. The number of carbonyl (C=O) groups is 1. The largest absolute Gasteiger partial charge is 0.393 e. The Labute approximate surface area is 121 Å². The topological polar surface area (TPSA) is 61.4 Å². The Morgan fingerprint density at radius 1 is 1.47 bits per heavy atom. The number of carbonyl (C=O) groups excluding carboxylic acids is 1. The van der Waals surface area contributed by atoms with Crippen LogP contribution in [-0.4, -0.2) is 23.8 Å². The van der Waals surface area contributed by atoms with Gasteiger partial charge in [-0.25, -0.2) is 4.79 Å². The Hall–Kier alpha value is -1.07. The van der Waals surface area contributed by atoms with Gasteiger partial charge in [-0.2, -0.15) is 0 Å².